The molecule has 5 heteroatoms. The van der Waals surface area contributed by atoms with Crippen molar-refractivity contribution in [2.45, 2.75) is 6.54 Å². The van der Waals surface area contributed by atoms with Gasteiger partial charge < -0.3 is 9.30 Å². The molecule has 84 valence electrons. The average Bonchev–Trinajstić information content (AvgIpc) is 2.61. The summed E-state index contributed by atoms with van der Waals surface area (Å²) in [6.07, 6.45) is 1.52. The van der Waals surface area contributed by atoms with Crippen molar-refractivity contribution in [3.63, 3.8) is 0 Å². The molecule has 0 saturated heterocycles. The zero-order valence-corrected chi connectivity index (χ0v) is 8.54. The number of carbonyl (C=O) groups excluding carboxylic acids is 1. The van der Waals surface area contributed by atoms with E-state index in [0.29, 0.717) is 5.52 Å². The van der Waals surface area contributed by atoms with Gasteiger partial charge in [0.05, 0.1) is 12.6 Å². The molecule has 0 N–H and O–H groups in total. The van der Waals surface area contributed by atoms with Crippen molar-refractivity contribution in [1.29, 1.82) is 0 Å². The van der Waals surface area contributed by atoms with E-state index in [4.69, 9.17) is 0 Å². The molecule has 2 rings (SSSR count). The van der Waals surface area contributed by atoms with Crippen LogP contribution in [0.5, 0.6) is 0 Å². The van der Waals surface area contributed by atoms with Crippen LogP contribution in [-0.4, -0.2) is 17.6 Å². The maximum Gasteiger partial charge on any atom is 0.325 e. The second-order valence-corrected chi connectivity index (χ2v) is 3.34. The number of methoxy groups -OCH3 is 1. The van der Waals surface area contributed by atoms with Gasteiger partial charge in [-0.3, -0.25) is 4.79 Å². The van der Waals surface area contributed by atoms with Crippen molar-refractivity contribution in [3.8, 4) is 0 Å². The van der Waals surface area contributed by atoms with Crippen molar-refractivity contribution in [2.75, 3.05) is 7.11 Å². The summed E-state index contributed by atoms with van der Waals surface area (Å²) < 4.78 is 32.2. The van der Waals surface area contributed by atoms with Gasteiger partial charge in [-0.05, 0) is 12.1 Å². The molecular formula is C11H9F2NO2. The third-order valence-electron chi connectivity index (χ3n) is 2.33. The summed E-state index contributed by atoms with van der Waals surface area (Å²) in [4.78, 5) is 11.1. The van der Waals surface area contributed by atoms with Crippen LogP contribution in [0.25, 0.3) is 10.9 Å². The highest BCUT2D eigenvalue weighted by atomic mass is 19.1. The Morgan fingerprint density at radius 1 is 1.44 bits per heavy atom. The normalized spacial score (nSPS) is 10.7. The number of carbonyl (C=O) groups is 1. The Balaban J connectivity index is 2.51. The number of rotatable bonds is 2. The van der Waals surface area contributed by atoms with Crippen LogP contribution in [-0.2, 0) is 16.1 Å². The Kier molecular flexibility index (Phi) is 2.60. The topological polar surface area (TPSA) is 31.2 Å². The minimum Gasteiger partial charge on any atom is -0.468 e. The summed E-state index contributed by atoms with van der Waals surface area (Å²) in [5.74, 6) is -1.78. The standard InChI is InChI=1S/C11H9F2NO2/c1-16-11(15)6-14-3-2-8-9(13)4-7(12)5-10(8)14/h2-5H,6H2,1H3. The molecule has 0 saturated carbocycles. The number of nitrogens with zero attached hydrogens (tertiary/aromatic N) is 1. The van der Waals surface area contributed by atoms with E-state index >= 15 is 0 Å². The molecular weight excluding hydrogens is 216 g/mol. The monoisotopic (exact) mass is 225 g/mol. The van der Waals surface area contributed by atoms with Crippen LogP contribution in [0.3, 0.4) is 0 Å². The molecule has 0 aliphatic carbocycles. The molecule has 1 aromatic carbocycles. The molecule has 3 nitrogen and oxygen atoms in total. The molecule has 0 radical (unpaired) electrons. The Morgan fingerprint density at radius 3 is 2.88 bits per heavy atom. The van der Waals surface area contributed by atoms with Crippen LogP contribution in [0.1, 0.15) is 0 Å². The fourth-order valence-corrected chi connectivity index (χ4v) is 1.56. The molecule has 0 bridgehead atoms. The number of ether oxygens (including phenoxy) is 1. The highest BCUT2D eigenvalue weighted by molar-refractivity contribution is 5.82. The Hall–Kier alpha value is -1.91. The van der Waals surface area contributed by atoms with Gasteiger partial charge in [-0.1, -0.05) is 0 Å². The molecule has 0 aliphatic rings. The zero-order chi connectivity index (χ0) is 11.7. The van der Waals surface area contributed by atoms with Crippen molar-refractivity contribution < 1.29 is 18.3 Å². The Morgan fingerprint density at radius 2 is 2.19 bits per heavy atom. The largest absolute Gasteiger partial charge is 0.468 e. The Bertz CT molecular complexity index is 548. The maximum absolute atomic E-state index is 13.3. The number of fused-ring (bicyclic) bond motifs is 1. The quantitative estimate of drug-likeness (QED) is 0.733. The first-order valence-electron chi connectivity index (χ1n) is 4.62. The van der Waals surface area contributed by atoms with Gasteiger partial charge in [0.15, 0.2) is 0 Å². The van der Waals surface area contributed by atoms with Crippen LogP contribution in [0.2, 0.25) is 0 Å². The second-order valence-electron chi connectivity index (χ2n) is 3.34. The lowest BCUT2D eigenvalue weighted by Crippen LogP contribution is -2.10. The summed E-state index contributed by atoms with van der Waals surface area (Å²) in [5, 5.41) is 0.283. The fourth-order valence-electron chi connectivity index (χ4n) is 1.56. The fraction of sp³-hybridized carbons (Fsp3) is 0.182. The first-order valence-corrected chi connectivity index (χ1v) is 4.62. The molecule has 0 amide bonds. The molecule has 0 atom stereocenters. The number of benzene rings is 1. The predicted molar refractivity (Wildman–Crippen MR) is 53.9 cm³/mol. The highest BCUT2D eigenvalue weighted by Crippen LogP contribution is 2.20. The first-order chi connectivity index (χ1) is 7.61. The summed E-state index contributed by atoms with van der Waals surface area (Å²) in [6.45, 7) is -0.0666. The van der Waals surface area contributed by atoms with E-state index in [1.165, 1.54) is 30.0 Å². The molecule has 0 aliphatic heterocycles. The van der Waals surface area contributed by atoms with E-state index in [9.17, 15) is 13.6 Å². The van der Waals surface area contributed by atoms with Gasteiger partial charge in [-0.25, -0.2) is 8.78 Å². The maximum atomic E-state index is 13.3. The van der Waals surface area contributed by atoms with Crippen LogP contribution < -0.4 is 0 Å². The lowest BCUT2D eigenvalue weighted by atomic mass is 10.2. The van der Waals surface area contributed by atoms with Crippen LogP contribution in [0.4, 0.5) is 8.78 Å². The minimum absolute atomic E-state index is 0.0666. The van der Waals surface area contributed by atoms with Crippen molar-refractivity contribution in [2.24, 2.45) is 0 Å². The van der Waals surface area contributed by atoms with Gasteiger partial charge in [0.25, 0.3) is 0 Å². The number of esters is 1. The van der Waals surface area contributed by atoms with E-state index in [2.05, 4.69) is 4.74 Å². The van der Waals surface area contributed by atoms with Crippen LogP contribution >= 0.6 is 0 Å². The van der Waals surface area contributed by atoms with Crippen LogP contribution in [0, 0.1) is 11.6 Å². The number of hydrogen-bond donors (Lipinski definition) is 0. The molecule has 0 fully saturated rings. The summed E-state index contributed by atoms with van der Waals surface area (Å²) in [7, 11) is 1.26. The summed E-state index contributed by atoms with van der Waals surface area (Å²) >= 11 is 0. The van der Waals surface area contributed by atoms with Gasteiger partial charge in [0, 0.05) is 17.6 Å². The first kappa shape index (κ1) is 10.6. The molecule has 0 unspecified atom stereocenters. The average molecular weight is 225 g/mol. The van der Waals surface area contributed by atoms with E-state index in [1.54, 1.807) is 0 Å². The second kappa shape index (κ2) is 3.92. The number of hydrogen-bond acceptors (Lipinski definition) is 2. The molecule has 1 aromatic heterocycles. The number of halogens is 2. The lowest BCUT2D eigenvalue weighted by Gasteiger charge is -2.03. The lowest BCUT2D eigenvalue weighted by molar-refractivity contribution is -0.141. The Labute approximate surface area is 90.2 Å². The van der Waals surface area contributed by atoms with Gasteiger partial charge in [-0.15, -0.1) is 0 Å². The smallest absolute Gasteiger partial charge is 0.325 e. The van der Waals surface area contributed by atoms with Gasteiger partial charge in [0.1, 0.15) is 18.2 Å². The van der Waals surface area contributed by atoms with Gasteiger partial charge >= 0.3 is 5.97 Å². The van der Waals surface area contributed by atoms with Crippen LogP contribution in [0.15, 0.2) is 24.4 Å². The van der Waals surface area contributed by atoms with Gasteiger partial charge in [0.2, 0.25) is 0 Å². The summed E-state index contributed by atoms with van der Waals surface area (Å²) in [5.41, 5.74) is 0.336. The minimum atomic E-state index is -0.671. The molecule has 16 heavy (non-hydrogen) atoms. The van der Waals surface area contributed by atoms with Crippen molar-refractivity contribution >= 4 is 16.9 Å². The highest BCUT2D eigenvalue weighted by Gasteiger charge is 2.10. The third-order valence-corrected chi connectivity index (χ3v) is 2.33. The molecule has 1 heterocycles. The SMILES string of the molecule is COC(=O)Cn1ccc2c(F)cc(F)cc21. The van der Waals surface area contributed by atoms with E-state index in [0.717, 1.165) is 6.07 Å². The predicted octanol–water partition coefficient (Wildman–Crippen LogP) is 2.09. The van der Waals surface area contributed by atoms with Gasteiger partial charge in [-0.2, -0.15) is 0 Å². The number of aromatic nitrogens is 1. The van der Waals surface area contributed by atoms with E-state index < -0.39 is 17.6 Å². The van der Waals surface area contributed by atoms with Crippen molar-refractivity contribution in [1.82, 2.24) is 4.57 Å². The summed E-state index contributed by atoms with van der Waals surface area (Å²) in [6, 6.07) is 3.49. The zero-order valence-electron chi connectivity index (χ0n) is 8.54. The van der Waals surface area contributed by atoms with E-state index in [-0.39, 0.29) is 11.9 Å². The van der Waals surface area contributed by atoms with Crippen molar-refractivity contribution in [3.05, 3.63) is 36.0 Å². The molecule has 2 aromatic rings. The van der Waals surface area contributed by atoms with E-state index in [1.807, 2.05) is 0 Å². The molecule has 0 spiro atoms. The third kappa shape index (κ3) is 1.76.